The fourth-order valence-electron chi connectivity index (χ4n) is 3.81. The maximum Gasteiger partial charge on any atom is 0.317 e. The van der Waals surface area contributed by atoms with Crippen LogP contribution in [0.15, 0.2) is 48.5 Å². The van der Waals surface area contributed by atoms with E-state index in [0.717, 1.165) is 31.7 Å². The van der Waals surface area contributed by atoms with Gasteiger partial charge >= 0.3 is 6.03 Å². The molecule has 0 bridgehead atoms. The Kier molecular flexibility index (Phi) is 6.04. The highest BCUT2D eigenvalue weighted by Crippen LogP contribution is 2.31. The van der Waals surface area contributed by atoms with E-state index in [1.165, 1.54) is 16.8 Å². The average molecular weight is 366 g/mol. The Labute approximate surface area is 163 Å². The summed E-state index contributed by atoms with van der Waals surface area (Å²) >= 11 is 0. The first-order valence-corrected chi connectivity index (χ1v) is 9.92. The van der Waals surface area contributed by atoms with E-state index in [4.69, 9.17) is 0 Å². The van der Waals surface area contributed by atoms with Gasteiger partial charge in [-0.3, -0.25) is 0 Å². The van der Waals surface area contributed by atoms with Gasteiger partial charge in [0.2, 0.25) is 0 Å². The third kappa shape index (κ3) is 4.44. The molecular formula is C23H31N3O. The van der Waals surface area contributed by atoms with E-state index in [-0.39, 0.29) is 12.1 Å². The van der Waals surface area contributed by atoms with Gasteiger partial charge in [0.1, 0.15) is 0 Å². The molecular weight excluding hydrogens is 334 g/mol. The molecule has 1 aliphatic rings. The van der Waals surface area contributed by atoms with Crippen LogP contribution in [-0.4, -0.2) is 37.1 Å². The Morgan fingerprint density at radius 2 is 1.59 bits per heavy atom. The van der Waals surface area contributed by atoms with Gasteiger partial charge < -0.3 is 15.1 Å². The molecule has 1 saturated heterocycles. The molecule has 3 rings (SSSR count). The van der Waals surface area contributed by atoms with Gasteiger partial charge in [0, 0.05) is 31.9 Å². The van der Waals surface area contributed by atoms with Crippen molar-refractivity contribution in [1.82, 2.24) is 10.2 Å². The summed E-state index contributed by atoms with van der Waals surface area (Å²) < 4.78 is 0. The van der Waals surface area contributed by atoms with Crippen LogP contribution in [0.3, 0.4) is 0 Å². The molecule has 0 aromatic heterocycles. The molecule has 27 heavy (non-hydrogen) atoms. The molecule has 4 heteroatoms. The van der Waals surface area contributed by atoms with Crippen LogP contribution in [0.25, 0.3) is 0 Å². The van der Waals surface area contributed by atoms with E-state index in [2.05, 4.69) is 61.3 Å². The normalized spacial score (nSPS) is 15.7. The molecule has 0 saturated carbocycles. The number of carbonyl (C=O) groups is 1. The van der Waals surface area contributed by atoms with E-state index >= 15 is 0 Å². The predicted octanol–water partition coefficient (Wildman–Crippen LogP) is 4.71. The molecule has 2 aromatic carbocycles. The van der Waals surface area contributed by atoms with Gasteiger partial charge in [-0.25, -0.2) is 4.79 Å². The number of carbonyl (C=O) groups excluding carboxylic acids is 1. The van der Waals surface area contributed by atoms with Crippen molar-refractivity contribution in [3.63, 3.8) is 0 Å². The van der Waals surface area contributed by atoms with Gasteiger partial charge in [-0.05, 0) is 36.5 Å². The molecule has 0 aliphatic carbocycles. The van der Waals surface area contributed by atoms with E-state index in [1.54, 1.807) is 0 Å². The Hall–Kier alpha value is -2.49. The monoisotopic (exact) mass is 365 g/mol. The lowest BCUT2D eigenvalue weighted by Gasteiger charge is -2.38. The molecule has 2 aromatic rings. The third-order valence-electron chi connectivity index (χ3n) is 5.41. The summed E-state index contributed by atoms with van der Waals surface area (Å²) in [7, 11) is 0. The van der Waals surface area contributed by atoms with Crippen LogP contribution in [0, 0.1) is 6.92 Å². The molecule has 1 heterocycles. The summed E-state index contributed by atoms with van der Waals surface area (Å²) in [6.07, 6.45) is 0. The van der Waals surface area contributed by atoms with Crippen molar-refractivity contribution in [2.75, 3.05) is 31.1 Å². The summed E-state index contributed by atoms with van der Waals surface area (Å²) in [6, 6.07) is 16.7. The topological polar surface area (TPSA) is 35.6 Å². The summed E-state index contributed by atoms with van der Waals surface area (Å²) in [5.74, 6) is 0.493. The number of benzene rings is 2. The van der Waals surface area contributed by atoms with Gasteiger partial charge in [-0.2, -0.15) is 0 Å². The molecule has 0 spiro atoms. The van der Waals surface area contributed by atoms with Gasteiger partial charge in [-0.1, -0.05) is 62.4 Å². The number of rotatable bonds is 4. The first-order chi connectivity index (χ1) is 13.0. The number of aryl methyl sites for hydroxylation is 1. The number of urea groups is 1. The average Bonchev–Trinajstić information content (AvgIpc) is 2.68. The zero-order valence-electron chi connectivity index (χ0n) is 16.9. The minimum absolute atomic E-state index is 0.0145. The highest BCUT2D eigenvalue weighted by molar-refractivity contribution is 5.75. The number of hydrogen-bond acceptors (Lipinski definition) is 2. The fraction of sp³-hybridized carbons (Fsp3) is 0.435. The van der Waals surface area contributed by atoms with Crippen molar-refractivity contribution < 1.29 is 4.79 Å². The van der Waals surface area contributed by atoms with Crippen LogP contribution in [0.2, 0.25) is 0 Å². The SMILES string of the molecule is Cc1cccc(C(C)C)c1N1CCN(C(=O)NC(C)c2ccccc2)CC1. The van der Waals surface area contributed by atoms with Crippen LogP contribution >= 0.6 is 0 Å². The highest BCUT2D eigenvalue weighted by Gasteiger charge is 2.25. The van der Waals surface area contributed by atoms with E-state index in [0.29, 0.717) is 5.92 Å². The van der Waals surface area contributed by atoms with E-state index < -0.39 is 0 Å². The molecule has 1 aliphatic heterocycles. The standard InChI is InChI=1S/C23H31N3O/c1-17(2)21-12-8-9-18(3)22(21)25-13-15-26(16-14-25)23(27)24-19(4)20-10-6-5-7-11-20/h5-12,17,19H,13-16H2,1-4H3,(H,24,27). The van der Waals surface area contributed by atoms with Crippen LogP contribution < -0.4 is 10.2 Å². The minimum atomic E-state index is 0.0145. The Balaban J connectivity index is 1.62. The van der Waals surface area contributed by atoms with E-state index in [1.807, 2.05) is 30.0 Å². The number of amides is 2. The van der Waals surface area contributed by atoms with Crippen LogP contribution in [0.4, 0.5) is 10.5 Å². The van der Waals surface area contributed by atoms with Crippen molar-refractivity contribution in [3.8, 4) is 0 Å². The zero-order chi connectivity index (χ0) is 19.4. The first kappa shape index (κ1) is 19.3. The smallest absolute Gasteiger partial charge is 0.317 e. The van der Waals surface area contributed by atoms with Gasteiger partial charge in [0.25, 0.3) is 0 Å². The molecule has 1 atom stereocenters. The number of hydrogen-bond donors (Lipinski definition) is 1. The maximum atomic E-state index is 12.7. The van der Waals surface area contributed by atoms with Gasteiger partial charge in [0.05, 0.1) is 6.04 Å². The Morgan fingerprint density at radius 1 is 0.926 bits per heavy atom. The van der Waals surface area contributed by atoms with Gasteiger partial charge in [0.15, 0.2) is 0 Å². The quantitative estimate of drug-likeness (QED) is 0.851. The third-order valence-corrected chi connectivity index (χ3v) is 5.41. The Morgan fingerprint density at radius 3 is 2.22 bits per heavy atom. The van der Waals surface area contributed by atoms with Crippen molar-refractivity contribution in [3.05, 3.63) is 65.2 Å². The lowest BCUT2D eigenvalue weighted by Crippen LogP contribution is -2.52. The van der Waals surface area contributed by atoms with Crippen molar-refractivity contribution >= 4 is 11.7 Å². The molecule has 1 N–H and O–H groups in total. The van der Waals surface area contributed by atoms with E-state index in [9.17, 15) is 4.79 Å². The largest absolute Gasteiger partial charge is 0.368 e. The zero-order valence-corrected chi connectivity index (χ0v) is 16.9. The van der Waals surface area contributed by atoms with Crippen molar-refractivity contribution in [2.24, 2.45) is 0 Å². The van der Waals surface area contributed by atoms with Crippen LogP contribution in [0.5, 0.6) is 0 Å². The number of piperazine rings is 1. The maximum absolute atomic E-state index is 12.7. The molecule has 1 unspecified atom stereocenters. The number of nitrogens with zero attached hydrogens (tertiary/aromatic N) is 2. The molecule has 1 fully saturated rings. The Bertz CT molecular complexity index is 764. The highest BCUT2D eigenvalue weighted by atomic mass is 16.2. The summed E-state index contributed by atoms with van der Waals surface area (Å²) in [5, 5.41) is 3.13. The second-order valence-electron chi connectivity index (χ2n) is 7.72. The van der Waals surface area contributed by atoms with Crippen LogP contribution in [-0.2, 0) is 0 Å². The summed E-state index contributed by atoms with van der Waals surface area (Å²) in [6.45, 7) is 11.9. The van der Waals surface area contributed by atoms with Crippen molar-refractivity contribution in [2.45, 2.75) is 39.7 Å². The molecule has 2 amide bonds. The number of para-hydroxylation sites is 1. The molecule has 144 valence electrons. The van der Waals surface area contributed by atoms with Gasteiger partial charge in [-0.15, -0.1) is 0 Å². The molecule has 4 nitrogen and oxygen atoms in total. The lowest BCUT2D eigenvalue weighted by atomic mass is 9.97. The summed E-state index contributed by atoms with van der Waals surface area (Å²) in [5.41, 5.74) is 5.19. The second-order valence-corrected chi connectivity index (χ2v) is 7.72. The fourth-order valence-corrected chi connectivity index (χ4v) is 3.81. The minimum Gasteiger partial charge on any atom is -0.368 e. The van der Waals surface area contributed by atoms with Crippen molar-refractivity contribution in [1.29, 1.82) is 0 Å². The second kappa shape index (κ2) is 8.47. The first-order valence-electron chi connectivity index (χ1n) is 9.92. The lowest BCUT2D eigenvalue weighted by molar-refractivity contribution is 0.191. The predicted molar refractivity (Wildman–Crippen MR) is 112 cm³/mol. The molecule has 0 radical (unpaired) electrons. The number of anilines is 1. The summed E-state index contributed by atoms with van der Waals surface area (Å²) in [4.78, 5) is 17.0. The number of nitrogens with one attached hydrogen (secondary N) is 1. The van der Waals surface area contributed by atoms with Crippen LogP contribution in [0.1, 0.15) is 49.4 Å².